The van der Waals surface area contributed by atoms with Gasteiger partial charge in [0, 0.05) is 64.2 Å². The number of aromatic nitrogens is 1. The average molecular weight is 702 g/mol. The predicted molar refractivity (Wildman–Crippen MR) is 213 cm³/mol. The highest BCUT2D eigenvalue weighted by Crippen LogP contribution is 2.50. The van der Waals surface area contributed by atoms with Crippen LogP contribution in [0.25, 0.3) is 0 Å². The number of allylic oxidation sites excluding steroid dienone is 7. The van der Waals surface area contributed by atoms with Crippen LogP contribution >= 0.6 is 0 Å². The third-order valence-electron chi connectivity index (χ3n) is 11.3. The van der Waals surface area contributed by atoms with Crippen LogP contribution in [0.4, 0.5) is 11.4 Å². The number of likely N-dealkylation sites (N-methyl/N-ethyl adjacent to an activating group) is 1. The quantitative estimate of drug-likeness (QED) is 0.197. The second-order valence-electron chi connectivity index (χ2n) is 16.5. The lowest BCUT2D eigenvalue weighted by Gasteiger charge is -2.32. The van der Waals surface area contributed by atoms with Gasteiger partial charge in [-0.15, -0.1) is 0 Å². The Kier molecular flexibility index (Phi) is 10.1. The lowest BCUT2D eigenvalue weighted by Crippen LogP contribution is -2.28. The van der Waals surface area contributed by atoms with Crippen molar-refractivity contribution in [3.63, 3.8) is 0 Å². The Morgan fingerprint density at radius 3 is 2.10 bits per heavy atom. The molecule has 6 heteroatoms. The minimum absolute atomic E-state index is 0.132. The lowest BCUT2D eigenvalue weighted by atomic mass is 9.81. The molecule has 2 aliphatic heterocycles. The van der Waals surface area contributed by atoms with Gasteiger partial charge in [-0.05, 0) is 99.7 Å². The fraction of sp³-hybridized carbons (Fsp3) is 0.435. The molecule has 1 unspecified atom stereocenters. The summed E-state index contributed by atoms with van der Waals surface area (Å²) in [5, 5.41) is 0. The summed E-state index contributed by atoms with van der Waals surface area (Å²) in [6.45, 7) is 22.3. The lowest BCUT2D eigenvalue weighted by molar-refractivity contribution is -0.671. The summed E-state index contributed by atoms with van der Waals surface area (Å²) < 4.78 is 23.1. The molecule has 3 heterocycles. The van der Waals surface area contributed by atoms with Crippen molar-refractivity contribution in [3.8, 4) is 11.5 Å². The van der Waals surface area contributed by atoms with E-state index in [0.29, 0.717) is 0 Å². The van der Waals surface area contributed by atoms with Crippen LogP contribution in [0.3, 0.4) is 0 Å². The molecule has 0 fully saturated rings. The number of aryl methyl sites for hydroxylation is 1. The van der Waals surface area contributed by atoms with E-state index in [9.17, 15) is 0 Å². The Morgan fingerprint density at radius 1 is 0.827 bits per heavy atom. The molecular formula is C46H59N3O3+2. The molecule has 0 saturated carbocycles. The molecular weight excluding hydrogens is 643 g/mol. The standard InChI is InChI=1S/C46H59N3O3/c1-13-48-38-21-19-34(50-11)29-36(38)45(6,7)40(48)23-17-31-15-16-32(42(31)52-43(44(3,4)5)33-25-27-47(10)28-26-33)18-24-41-46(8,9)37-30-35(51-12)20-22-39(37)49(41)14-2/h17-30,43H,13-16H2,1-12H3/q+2. The molecule has 0 amide bonds. The Hall–Kier alpha value is -4.58. The molecule has 3 aromatic rings. The van der Waals surface area contributed by atoms with Gasteiger partial charge in [-0.25, -0.2) is 4.57 Å². The number of pyridine rings is 1. The number of rotatable bonds is 10. The normalized spacial score (nSPS) is 20.0. The summed E-state index contributed by atoms with van der Waals surface area (Å²) in [5.41, 5.74) is 10.8. The van der Waals surface area contributed by atoms with Crippen LogP contribution in [-0.2, 0) is 22.6 Å². The van der Waals surface area contributed by atoms with Crippen LogP contribution < -0.4 is 18.9 Å². The zero-order valence-corrected chi connectivity index (χ0v) is 33.6. The number of benzene rings is 2. The number of hydrogen-bond acceptors (Lipinski definition) is 4. The fourth-order valence-electron chi connectivity index (χ4n) is 8.33. The monoisotopic (exact) mass is 701 g/mol. The van der Waals surface area contributed by atoms with Gasteiger partial charge in [-0.1, -0.05) is 40.7 Å². The van der Waals surface area contributed by atoms with E-state index in [2.05, 4.69) is 169 Å². The smallest absolute Gasteiger partial charge is 0.210 e. The first-order valence-electron chi connectivity index (χ1n) is 18.9. The molecule has 1 atom stereocenters. The SMILES string of the molecule is CCN1/C(=C/C=C2\CCC(/C=C/C3=[N+](CC)c4ccc(OC)cc4C3(C)C)=C2OC(c2cc[n+](C)cc2)C(C)(C)C)C(C)(C)c2cc(OC)ccc21. The first-order chi connectivity index (χ1) is 24.6. The van der Waals surface area contributed by atoms with Gasteiger partial charge in [-0.3, -0.25) is 0 Å². The van der Waals surface area contributed by atoms with Gasteiger partial charge in [0.15, 0.2) is 18.1 Å². The van der Waals surface area contributed by atoms with E-state index in [1.807, 2.05) is 0 Å². The maximum Gasteiger partial charge on any atom is 0.210 e. The Morgan fingerprint density at radius 2 is 1.48 bits per heavy atom. The highest BCUT2D eigenvalue weighted by molar-refractivity contribution is 6.03. The molecule has 6 nitrogen and oxygen atoms in total. The summed E-state index contributed by atoms with van der Waals surface area (Å²) in [4.78, 5) is 2.44. The van der Waals surface area contributed by atoms with Gasteiger partial charge in [0.25, 0.3) is 0 Å². The van der Waals surface area contributed by atoms with Crippen LogP contribution in [0, 0.1) is 5.41 Å². The summed E-state index contributed by atoms with van der Waals surface area (Å²) >= 11 is 0. The molecule has 1 aromatic heterocycles. The largest absolute Gasteiger partial charge is 0.497 e. The van der Waals surface area contributed by atoms with Crippen molar-refractivity contribution in [3.05, 3.63) is 125 Å². The Balaban J connectivity index is 1.46. The van der Waals surface area contributed by atoms with Crippen molar-refractivity contribution >= 4 is 17.1 Å². The van der Waals surface area contributed by atoms with Crippen molar-refractivity contribution < 1.29 is 23.4 Å². The average Bonchev–Trinajstić information content (AvgIpc) is 3.67. The third kappa shape index (κ3) is 6.61. The van der Waals surface area contributed by atoms with E-state index in [1.54, 1.807) is 14.2 Å². The molecule has 1 aliphatic carbocycles. The maximum atomic E-state index is 7.30. The van der Waals surface area contributed by atoms with E-state index in [-0.39, 0.29) is 22.3 Å². The molecule has 6 rings (SSSR count). The van der Waals surface area contributed by atoms with Gasteiger partial charge < -0.3 is 19.1 Å². The van der Waals surface area contributed by atoms with Crippen LogP contribution in [0.1, 0.15) is 97.9 Å². The predicted octanol–water partition coefficient (Wildman–Crippen LogP) is 9.96. The van der Waals surface area contributed by atoms with E-state index in [1.165, 1.54) is 50.6 Å². The molecule has 0 saturated heterocycles. The second-order valence-corrected chi connectivity index (χ2v) is 16.5. The number of ether oxygens (including phenoxy) is 3. The summed E-state index contributed by atoms with van der Waals surface area (Å²) in [7, 11) is 5.54. The van der Waals surface area contributed by atoms with Crippen molar-refractivity contribution in [1.82, 2.24) is 0 Å². The number of nitrogens with zero attached hydrogens (tertiary/aromatic N) is 3. The minimum atomic E-state index is -0.178. The highest BCUT2D eigenvalue weighted by atomic mass is 16.5. The van der Waals surface area contributed by atoms with Crippen molar-refractivity contribution in [2.75, 3.05) is 32.2 Å². The first kappa shape index (κ1) is 37.2. The molecule has 0 N–H and O–H groups in total. The van der Waals surface area contributed by atoms with Crippen LogP contribution in [-0.4, -0.2) is 37.6 Å². The van der Waals surface area contributed by atoms with E-state index >= 15 is 0 Å². The minimum Gasteiger partial charge on any atom is -0.497 e. The highest BCUT2D eigenvalue weighted by Gasteiger charge is 2.44. The topological polar surface area (TPSA) is 37.8 Å². The zero-order chi connectivity index (χ0) is 37.6. The number of methoxy groups -OCH3 is 2. The number of anilines is 1. The third-order valence-corrected chi connectivity index (χ3v) is 11.3. The van der Waals surface area contributed by atoms with E-state index in [0.717, 1.165) is 43.2 Å². The maximum absolute atomic E-state index is 7.30. The first-order valence-corrected chi connectivity index (χ1v) is 18.9. The summed E-state index contributed by atoms with van der Waals surface area (Å²) in [6.07, 6.45) is 15.3. The molecule has 0 bridgehead atoms. The fourth-order valence-corrected chi connectivity index (χ4v) is 8.33. The van der Waals surface area contributed by atoms with Crippen LogP contribution in [0.2, 0.25) is 0 Å². The molecule has 0 spiro atoms. The summed E-state index contributed by atoms with van der Waals surface area (Å²) in [6, 6.07) is 17.3. The van der Waals surface area contributed by atoms with E-state index < -0.39 is 0 Å². The molecule has 52 heavy (non-hydrogen) atoms. The van der Waals surface area contributed by atoms with Gasteiger partial charge in [-0.2, -0.15) is 4.58 Å². The summed E-state index contributed by atoms with van der Waals surface area (Å²) in [5.74, 6) is 2.78. The molecule has 2 aromatic carbocycles. The van der Waals surface area contributed by atoms with Gasteiger partial charge >= 0.3 is 0 Å². The Labute approximate surface area is 312 Å². The van der Waals surface area contributed by atoms with Crippen molar-refractivity contribution in [2.45, 2.75) is 92.1 Å². The van der Waals surface area contributed by atoms with E-state index in [4.69, 9.17) is 14.2 Å². The number of hydrogen-bond donors (Lipinski definition) is 0. The van der Waals surface area contributed by atoms with Crippen molar-refractivity contribution in [1.29, 1.82) is 0 Å². The van der Waals surface area contributed by atoms with Crippen LogP contribution in [0.15, 0.2) is 108 Å². The zero-order valence-electron chi connectivity index (χ0n) is 33.6. The Bertz CT molecular complexity index is 2000. The molecule has 0 radical (unpaired) electrons. The van der Waals surface area contributed by atoms with Gasteiger partial charge in [0.1, 0.15) is 37.0 Å². The molecule has 3 aliphatic rings. The molecule has 274 valence electrons. The van der Waals surface area contributed by atoms with Crippen molar-refractivity contribution in [2.24, 2.45) is 12.5 Å². The second kappa shape index (κ2) is 14.1. The number of fused-ring (bicyclic) bond motifs is 2. The van der Waals surface area contributed by atoms with Crippen LogP contribution in [0.5, 0.6) is 11.5 Å². The van der Waals surface area contributed by atoms with Gasteiger partial charge in [0.2, 0.25) is 5.69 Å². The van der Waals surface area contributed by atoms with Gasteiger partial charge in [0.05, 0.1) is 19.6 Å².